The second kappa shape index (κ2) is 7.18. The molecule has 0 atom stereocenters. The highest BCUT2D eigenvalue weighted by Gasteiger charge is 2.15. The van der Waals surface area contributed by atoms with Crippen LogP contribution in [0.3, 0.4) is 0 Å². The number of hydrogen-bond acceptors (Lipinski definition) is 4. The summed E-state index contributed by atoms with van der Waals surface area (Å²) < 4.78 is 29.5. The average Bonchev–Trinajstić information content (AvgIpc) is 2.68. The van der Waals surface area contributed by atoms with E-state index >= 15 is 0 Å². The number of hydrogen-bond donors (Lipinski definition) is 1. The van der Waals surface area contributed by atoms with Gasteiger partial charge in [-0.2, -0.15) is 0 Å². The second-order valence-electron chi connectivity index (χ2n) is 6.79. The average molecular weight is 405 g/mol. The van der Waals surface area contributed by atoms with E-state index in [0.717, 1.165) is 5.56 Å². The van der Waals surface area contributed by atoms with Gasteiger partial charge in [0.2, 0.25) is 0 Å². The zero-order chi connectivity index (χ0) is 20.6. The molecule has 0 radical (unpaired) electrons. The third-order valence-electron chi connectivity index (χ3n) is 4.60. The van der Waals surface area contributed by atoms with E-state index in [0.29, 0.717) is 28.1 Å². The fraction of sp³-hybridized carbons (Fsp3) is 0.0909. The smallest absolute Gasteiger partial charge is 0.265 e. The number of anilines is 1. The number of nitrogens with zero attached hydrogens (tertiary/aromatic N) is 2. The van der Waals surface area contributed by atoms with Crippen LogP contribution in [0.2, 0.25) is 0 Å². The highest BCUT2D eigenvalue weighted by atomic mass is 32.2. The fourth-order valence-electron chi connectivity index (χ4n) is 3.25. The Morgan fingerprint density at radius 2 is 1.66 bits per heavy atom. The van der Waals surface area contributed by atoms with Gasteiger partial charge in [-0.25, -0.2) is 13.4 Å². The maximum absolute atomic E-state index is 13.0. The predicted molar refractivity (Wildman–Crippen MR) is 114 cm³/mol. The molecular formula is C22H19N3O3S. The van der Waals surface area contributed by atoms with Crippen molar-refractivity contribution in [1.29, 1.82) is 0 Å². The van der Waals surface area contributed by atoms with Gasteiger partial charge in [-0.3, -0.25) is 14.1 Å². The van der Waals surface area contributed by atoms with Crippen LogP contribution in [0.1, 0.15) is 11.4 Å². The summed E-state index contributed by atoms with van der Waals surface area (Å²) in [4.78, 5) is 17.7. The molecular weight excluding hydrogens is 386 g/mol. The van der Waals surface area contributed by atoms with Crippen molar-refractivity contribution in [2.24, 2.45) is 0 Å². The summed E-state index contributed by atoms with van der Waals surface area (Å²) in [5, 5.41) is 0.504. The van der Waals surface area contributed by atoms with Gasteiger partial charge in [-0.1, -0.05) is 30.3 Å². The number of para-hydroxylation sites is 1. The molecule has 146 valence electrons. The molecule has 3 aromatic carbocycles. The Kier molecular flexibility index (Phi) is 4.68. The normalized spacial score (nSPS) is 11.5. The van der Waals surface area contributed by atoms with Gasteiger partial charge in [0.1, 0.15) is 5.82 Å². The van der Waals surface area contributed by atoms with E-state index in [1.165, 1.54) is 4.57 Å². The van der Waals surface area contributed by atoms with E-state index < -0.39 is 10.0 Å². The number of benzene rings is 3. The zero-order valence-electron chi connectivity index (χ0n) is 16.0. The van der Waals surface area contributed by atoms with Crippen molar-refractivity contribution in [3.63, 3.8) is 0 Å². The van der Waals surface area contributed by atoms with Crippen molar-refractivity contribution in [3.8, 4) is 5.69 Å². The highest BCUT2D eigenvalue weighted by Crippen LogP contribution is 2.20. The lowest BCUT2D eigenvalue weighted by Gasteiger charge is -2.13. The van der Waals surface area contributed by atoms with Gasteiger partial charge in [-0.15, -0.1) is 0 Å². The minimum Gasteiger partial charge on any atom is -0.280 e. The van der Waals surface area contributed by atoms with Crippen molar-refractivity contribution in [1.82, 2.24) is 9.55 Å². The van der Waals surface area contributed by atoms with Crippen molar-refractivity contribution in [3.05, 3.63) is 94.5 Å². The first kappa shape index (κ1) is 18.9. The lowest BCUT2D eigenvalue weighted by atomic mass is 10.2. The summed E-state index contributed by atoms with van der Waals surface area (Å²) in [6.07, 6.45) is 0. The maximum Gasteiger partial charge on any atom is 0.265 e. The summed E-state index contributed by atoms with van der Waals surface area (Å²) in [6.45, 7) is 3.58. The largest absolute Gasteiger partial charge is 0.280 e. The first-order valence-corrected chi connectivity index (χ1v) is 10.5. The molecule has 6 nitrogen and oxygen atoms in total. The van der Waals surface area contributed by atoms with Gasteiger partial charge in [-0.05, 0) is 61.9 Å². The molecule has 0 aliphatic rings. The predicted octanol–water partition coefficient (Wildman–Crippen LogP) is 3.80. The van der Waals surface area contributed by atoms with Crippen LogP contribution >= 0.6 is 0 Å². The van der Waals surface area contributed by atoms with Crippen LogP contribution in [-0.4, -0.2) is 18.0 Å². The quantitative estimate of drug-likeness (QED) is 0.560. The molecule has 29 heavy (non-hydrogen) atoms. The molecule has 0 saturated heterocycles. The topological polar surface area (TPSA) is 81.1 Å². The SMILES string of the molecule is Cc1cccc(S(=O)(=O)Nc2cccc(-n3c(C)nc4ccccc4c3=O)c2)c1. The van der Waals surface area contributed by atoms with Crippen molar-refractivity contribution in [2.45, 2.75) is 18.7 Å². The summed E-state index contributed by atoms with van der Waals surface area (Å²) in [6, 6.07) is 20.5. The summed E-state index contributed by atoms with van der Waals surface area (Å²) >= 11 is 0. The third-order valence-corrected chi connectivity index (χ3v) is 5.98. The second-order valence-corrected chi connectivity index (χ2v) is 8.47. The number of nitrogens with one attached hydrogen (secondary N) is 1. The Bertz CT molecular complexity index is 1390. The highest BCUT2D eigenvalue weighted by molar-refractivity contribution is 7.92. The molecule has 0 unspecified atom stereocenters. The van der Waals surface area contributed by atoms with E-state index in [1.54, 1.807) is 67.6 Å². The minimum atomic E-state index is -3.74. The number of rotatable bonds is 4. The molecule has 0 aliphatic heterocycles. The lowest BCUT2D eigenvalue weighted by molar-refractivity contribution is 0.601. The molecule has 7 heteroatoms. The molecule has 4 rings (SSSR count). The van der Waals surface area contributed by atoms with Crippen LogP contribution in [0.5, 0.6) is 0 Å². The van der Waals surface area contributed by atoms with E-state index in [9.17, 15) is 13.2 Å². The lowest BCUT2D eigenvalue weighted by Crippen LogP contribution is -2.22. The number of sulfonamides is 1. The Balaban J connectivity index is 1.77. The molecule has 0 saturated carbocycles. The first-order valence-electron chi connectivity index (χ1n) is 9.03. The number of aromatic nitrogens is 2. The monoisotopic (exact) mass is 405 g/mol. The summed E-state index contributed by atoms with van der Waals surface area (Å²) in [5.41, 5.74) is 2.18. The third kappa shape index (κ3) is 3.64. The van der Waals surface area contributed by atoms with E-state index in [1.807, 2.05) is 19.1 Å². The molecule has 4 aromatic rings. The molecule has 0 amide bonds. The van der Waals surface area contributed by atoms with Gasteiger partial charge in [0.25, 0.3) is 15.6 Å². The van der Waals surface area contributed by atoms with E-state index in [-0.39, 0.29) is 10.5 Å². The van der Waals surface area contributed by atoms with Crippen LogP contribution in [0.4, 0.5) is 5.69 Å². The Morgan fingerprint density at radius 1 is 0.897 bits per heavy atom. The Morgan fingerprint density at radius 3 is 2.45 bits per heavy atom. The van der Waals surface area contributed by atoms with Crippen LogP contribution in [0.15, 0.2) is 82.5 Å². The molecule has 0 bridgehead atoms. The Hall–Kier alpha value is -3.45. The molecule has 0 fully saturated rings. The maximum atomic E-state index is 13.0. The summed E-state index contributed by atoms with van der Waals surface area (Å²) in [7, 11) is -3.74. The van der Waals surface area contributed by atoms with E-state index in [4.69, 9.17) is 0 Å². The van der Waals surface area contributed by atoms with Crippen molar-refractivity contribution in [2.75, 3.05) is 4.72 Å². The Labute approximate surface area is 168 Å². The van der Waals surface area contributed by atoms with Crippen LogP contribution in [0, 0.1) is 13.8 Å². The van der Waals surface area contributed by atoms with Crippen LogP contribution in [-0.2, 0) is 10.0 Å². The van der Waals surface area contributed by atoms with E-state index in [2.05, 4.69) is 9.71 Å². The van der Waals surface area contributed by atoms with Gasteiger partial charge in [0, 0.05) is 0 Å². The van der Waals surface area contributed by atoms with Gasteiger partial charge >= 0.3 is 0 Å². The molecule has 1 aromatic heterocycles. The number of aryl methyl sites for hydroxylation is 2. The van der Waals surface area contributed by atoms with Crippen molar-refractivity contribution < 1.29 is 8.42 Å². The summed E-state index contributed by atoms with van der Waals surface area (Å²) in [5.74, 6) is 0.521. The van der Waals surface area contributed by atoms with Crippen LogP contribution in [0.25, 0.3) is 16.6 Å². The fourth-order valence-corrected chi connectivity index (χ4v) is 4.41. The zero-order valence-corrected chi connectivity index (χ0v) is 16.8. The molecule has 1 N–H and O–H groups in total. The van der Waals surface area contributed by atoms with Gasteiger partial charge in [0.05, 0.1) is 27.2 Å². The number of fused-ring (bicyclic) bond motifs is 1. The first-order chi connectivity index (χ1) is 13.8. The molecule has 0 aliphatic carbocycles. The van der Waals surface area contributed by atoms with Crippen LogP contribution < -0.4 is 10.3 Å². The molecule has 0 spiro atoms. The van der Waals surface area contributed by atoms with Gasteiger partial charge < -0.3 is 0 Å². The standard InChI is InChI=1S/C22H19N3O3S/c1-15-7-5-10-19(13-15)29(27,28)24-17-8-6-9-18(14-17)25-16(2)23-21-12-4-3-11-20(21)22(25)26/h3-14,24H,1-2H3. The minimum absolute atomic E-state index is 0.184. The van der Waals surface area contributed by atoms with Gasteiger partial charge in [0.15, 0.2) is 0 Å². The van der Waals surface area contributed by atoms with Crippen molar-refractivity contribution >= 4 is 26.6 Å². The molecule has 1 heterocycles.